The number of benzene rings is 2. The van der Waals surface area contributed by atoms with E-state index in [1.165, 1.54) is 15.9 Å². The summed E-state index contributed by atoms with van der Waals surface area (Å²) in [6.45, 7) is 7.12. The number of hydrogen-bond acceptors (Lipinski definition) is 4. The van der Waals surface area contributed by atoms with Crippen molar-refractivity contribution in [1.82, 2.24) is 14.5 Å². The summed E-state index contributed by atoms with van der Waals surface area (Å²) in [6, 6.07) is 15.0. The minimum Gasteiger partial charge on any atom is -0.349 e. The molecule has 0 spiro atoms. The smallest absolute Gasteiger partial charge is 0.251 e. The lowest BCUT2D eigenvalue weighted by molar-refractivity contribution is 0.0900. The Morgan fingerprint density at radius 1 is 1.00 bits per heavy atom. The van der Waals surface area contributed by atoms with Crippen molar-refractivity contribution >= 4 is 15.9 Å². The van der Waals surface area contributed by atoms with Gasteiger partial charge in [0.15, 0.2) is 0 Å². The van der Waals surface area contributed by atoms with E-state index < -0.39 is 10.0 Å². The normalized spacial score (nSPS) is 18.7. The molecule has 0 atom stereocenters. The summed E-state index contributed by atoms with van der Waals surface area (Å²) in [5, 5.41) is 3.09. The fourth-order valence-corrected chi connectivity index (χ4v) is 5.92. The number of nitrogens with one attached hydrogen (secondary N) is 1. The molecular weight excluding hydrogens is 410 g/mol. The lowest BCUT2D eigenvalue weighted by Crippen LogP contribution is -2.46. The molecule has 0 bridgehead atoms. The van der Waals surface area contributed by atoms with Gasteiger partial charge in [0.25, 0.3) is 5.91 Å². The van der Waals surface area contributed by atoms with E-state index in [9.17, 15) is 13.2 Å². The molecule has 4 rings (SSSR count). The van der Waals surface area contributed by atoms with Crippen molar-refractivity contribution in [2.24, 2.45) is 0 Å². The fourth-order valence-electron chi connectivity index (χ4n) is 4.45. The largest absolute Gasteiger partial charge is 0.349 e. The Labute approximate surface area is 185 Å². The highest BCUT2D eigenvalue weighted by Gasteiger charge is 2.29. The van der Waals surface area contributed by atoms with Crippen LogP contribution in [0.15, 0.2) is 53.4 Å². The lowest BCUT2D eigenvalue weighted by Gasteiger charge is -2.34. The van der Waals surface area contributed by atoms with Crippen LogP contribution in [0.4, 0.5) is 0 Å². The Morgan fingerprint density at radius 3 is 2.42 bits per heavy atom. The Morgan fingerprint density at radius 2 is 1.71 bits per heavy atom. The lowest BCUT2D eigenvalue weighted by atomic mass is 10.0. The molecule has 1 fully saturated rings. The third-order valence-corrected chi connectivity index (χ3v) is 8.27. The Balaban J connectivity index is 1.45. The van der Waals surface area contributed by atoms with Crippen LogP contribution < -0.4 is 5.32 Å². The van der Waals surface area contributed by atoms with Crippen LogP contribution in [0, 0.1) is 0 Å². The molecule has 166 valence electrons. The van der Waals surface area contributed by atoms with Crippen LogP contribution in [-0.2, 0) is 23.0 Å². The molecule has 2 heterocycles. The van der Waals surface area contributed by atoms with E-state index in [2.05, 4.69) is 30.1 Å². The molecule has 1 amide bonds. The van der Waals surface area contributed by atoms with Gasteiger partial charge in [-0.15, -0.1) is 0 Å². The van der Waals surface area contributed by atoms with Crippen molar-refractivity contribution in [3.05, 3.63) is 65.2 Å². The van der Waals surface area contributed by atoms with Crippen molar-refractivity contribution in [3.8, 4) is 0 Å². The molecular formula is C24H31N3O3S. The summed E-state index contributed by atoms with van der Waals surface area (Å²) >= 11 is 0. The molecule has 2 aliphatic rings. The molecule has 0 radical (unpaired) electrons. The maximum atomic E-state index is 13.3. The average molecular weight is 442 g/mol. The van der Waals surface area contributed by atoms with E-state index in [1.807, 2.05) is 18.2 Å². The number of sulfonamides is 1. The number of likely N-dealkylation sites (tertiary alicyclic amines) is 1. The Kier molecular flexibility index (Phi) is 6.46. The number of nitrogens with zero attached hydrogens (tertiary/aromatic N) is 2. The summed E-state index contributed by atoms with van der Waals surface area (Å²) in [6.07, 6.45) is 2.52. The van der Waals surface area contributed by atoms with Crippen molar-refractivity contribution in [1.29, 1.82) is 0 Å². The molecule has 1 saturated heterocycles. The molecule has 6 nitrogen and oxygen atoms in total. The maximum absolute atomic E-state index is 13.3. The van der Waals surface area contributed by atoms with Crippen molar-refractivity contribution in [3.63, 3.8) is 0 Å². The van der Waals surface area contributed by atoms with Gasteiger partial charge in [-0.1, -0.05) is 30.3 Å². The Hall–Kier alpha value is -2.22. The van der Waals surface area contributed by atoms with Gasteiger partial charge in [0.05, 0.1) is 4.90 Å². The van der Waals surface area contributed by atoms with E-state index >= 15 is 0 Å². The highest BCUT2D eigenvalue weighted by atomic mass is 32.2. The number of hydrogen-bond donors (Lipinski definition) is 1. The van der Waals surface area contributed by atoms with Gasteiger partial charge in [-0.05, 0) is 62.4 Å². The van der Waals surface area contributed by atoms with Gasteiger partial charge in [0, 0.05) is 43.8 Å². The first-order chi connectivity index (χ1) is 14.8. The minimum atomic E-state index is -3.66. The Bertz CT molecular complexity index is 1040. The van der Waals surface area contributed by atoms with Gasteiger partial charge >= 0.3 is 0 Å². The second kappa shape index (κ2) is 9.10. The second-order valence-corrected chi connectivity index (χ2v) is 10.7. The number of fused-ring (bicyclic) bond motifs is 1. The average Bonchev–Trinajstić information content (AvgIpc) is 2.79. The first-order valence-corrected chi connectivity index (χ1v) is 12.5. The van der Waals surface area contributed by atoms with Crippen molar-refractivity contribution in [2.75, 3.05) is 19.6 Å². The molecule has 0 unspecified atom stereocenters. The van der Waals surface area contributed by atoms with Gasteiger partial charge < -0.3 is 10.2 Å². The number of amides is 1. The molecule has 0 aliphatic carbocycles. The van der Waals surface area contributed by atoms with Crippen LogP contribution in [-0.4, -0.2) is 55.2 Å². The zero-order valence-corrected chi connectivity index (χ0v) is 19.1. The highest BCUT2D eigenvalue weighted by Crippen LogP contribution is 2.25. The predicted octanol–water partition coefficient (Wildman–Crippen LogP) is 3.04. The van der Waals surface area contributed by atoms with E-state index in [0.29, 0.717) is 31.1 Å². The highest BCUT2D eigenvalue weighted by molar-refractivity contribution is 7.89. The van der Waals surface area contributed by atoms with Gasteiger partial charge in [-0.25, -0.2) is 8.42 Å². The van der Waals surface area contributed by atoms with E-state index in [-0.39, 0.29) is 16.8 Å². The zero-order valence-electron chi connectivity index (χ0n) is 18.3. The topological polar surface area (TPSA) is 69.7 Å². The standard InChI is InChI=1S/C24H31N3O3S/c1-18(2)26-13-11-22(12-14-26)25-24(28)20-8-5-9-23(16-20)31(29,30)27-15-10-19-6-3-4-7-21(19)17-27/h3-9,16,18,22H,10-15,17H2,1-2H3,(H,25,28). The molecule has 2 aliphatic heterocycles. The third-order valence-electron chi connectivity index (χ3n) is 6.42. The first-order valence-electron chi connectivity index (χ1n) is 11.1. The predicted molar refractivity (Wildman–Crippen MR) is 121 cm³/mol. The van der Waals surface area contributed by atoms with Gasteiger partial charge in [-0.3, -0.25) is 4.79 Å². The molecule has 0 saturated carbocycles. The summed E-state index contributed by atoms with van der Waals surface area (Å²) in [4.78, 5) is 15.4. The molecule has 7 heteroatoms. The summed E-state index contributed by atoms with van der Waals surface area (Å²) in [5.41, 5.74) is 2.63. The SMILES string of the molecule is CC(C)N1CCC(NC(=O)c2cccc(S(=O)(=O)N3CCc4ccccc4C3)c2)CC1. The van der Waals surface area contributed by atoms with Crippen LogP contribution in [0.25, 0.3) is 0 Å². The molecule has 1 N–H and O–H groups in total. The van der Waals surface area contributed by atoms with E-state index in [1.54, 1.807) is 18.2 Å². The summed E-state index contributed by atoms with van der Waals surface area (Å²) in [7, 11) is -3.66. The maximum Gasteiger partial charge on any atom is 0.251 e. The minimum absolute atomic E-state index is 0.126. The van der Waals surface area contributed by atoms with Crippen molar-refractivity contribution in [2.45, 2.75) is 56.6 Å². The monoisotopic (exact) mass is 441 g/mol. The summed E-state index contributed by atoms with van der Waals surface area (Å²) in [5.74, 6) is -0.205. The zero-order chi connectivity index (χ0) is 22.0. The molecule has 0 aromatic heterocycles. The number of piperidine rings is 1. The molecule has 2 aromatic carbocycles. The van der Waals surface area contributed by atoms with Gasteiger partial charge in [0.1, 0.15) is 0 Å². The fraction of sp³-hybridized carbons (Fsp3) is 0.458. The van der Waals surface area contributed by atoms with Gasteiger partial charge in [-0.2, -0.15) is 4.31 Å². The number of carbonyl (C=O) groups excluding carboxylic acids is 1. The molecule has 2 aromatic rings. The quantitative estimate of drug-likeness (QED) is 0.774. The second-order valence-electron chi connectivity index (χ2n) is 8.76. The van der Waals surface area contributed by atoms with Crippen LogP contribution in [0.3, 0.4) is 0 Å². The van der Waals surface area contributed by atoms with Crippen LogP contribution >= 0.6 is 0 Å². The van der Waals surface area contributed by atoms with E-state index in [0.717, 1.165) is 31.5 Å². The van der Waals surface area contributed by atoms with Crippen LogP contribution in [0.1, 0.15) is 48.2 Å². The van der Waals surface area contributed by atoms with Crippen LogP contribution in [0.2, 0.25) is 0 Å². The van der Waals surface area contributed by atoms with Crippen molar-refractivity contribution < 1.29 is 13.2 Å². The van der Waals surface area contributed by atoms with Gasteiger partial charge in [0.2, 0.25) is 10.0 Å². The molecule has 31 heavy (non-hydrogen) atoms. The van der Waals surface area contributed by atoms with Crippen LogP contribution in [0.5, 0.6) is 0 Å². The number of carbonyl (C=O) groups is 1. The number of rotatable bonds is 5. The third kappa shape index (κ3) is 4.84. The summed E-state index contributed by atoms with van der Waals surface area (Å²) < 4.78 is 28.0. The first kappa shape index (κ1) is 22.0. The van der Waals surface area contributed by atoms with E-state index in [4.69, 9.17) is 0 Å².